The first-order chi connectivity index (χ1) is 16.1. The molecule has 5 nitrogen and oxygen atoms in total. The van der Waals surface area contributed by atoms with E-state index in [-0.39, 0.29) is 28.9 Å². The summed E-state index contributed by atoms with van der Waals surface area (Å²) >= 11 is 3.04. The number of alkyl halides is 3. The molecule has 1 fully saturated rings. The van der Waals surface area contributed by atoms with Gasteiger partial charge in [-0.25, -0.2) is 9.18 Å². The molecular formula is C25H27BrF4N2O3. The van der Waals surface area contributed by atoms with Crippen LogP contribution >= 0.6 is 15.9 Å². The van der Waals surface area contributed by atoms with Crippen molar-refractivity contribution in [2.24, 2.45) is 0 Å². The lowest BCUT2D eigenvalue weighted by molar-refractivity contribution is -0.137. The van der Waals surface area contributed by atoms with Gasteiger partial charge < -0.3 is 15.0 Å². The zero-order valence-electron chi connectivity index (χ0n) is 19.8. The number of carbonyl (C=O) groups is 2. The van der Waals surface area contributed by atoms with E-state index in [0.717, 1.165) is 12.1 Å². The monoisotopic (exact) mass is 558 g/mol. The molecule has 1 heterocycles. The standard InChI is InChI=1S/C25H27BrF4N2O3/c1-14-9-15(5-6-20(14)27)19-13-32(23(34)35-24(2,3)4)8-7-21(19)31-22(33)16-10-17(25(28,29)30)12-18(26)11-16/h5-6,9-12,19,21H,7-8,13H2,1-4H3,(H,31,33). The Hall–Kier alpha value is -2.62. The fourth-order valence-corrected chi connectivity index (χ4v) is 4.48. The molecule has 2 amide bonds. The first-order valence-corrected chi connectivity index (χ1v) is 11.9. The zero-order chi connectivity index (χ0) is 26.1. The molecule has 0 spiro atoms. The van der Waals surface area contributed by atoms with Crippen LogP contribution in [0.2, 0.25) is 0 Å². The van der Waals surface area contributed by atoms with Crippen LogP contribution in [0.3, 0.4) is 0 Å². The van der Waals surface area contributed by atoms with E-state index in [4.69, 9.17) is 4.74 Å². The number of hydrogen-bond donors (Lipinski definition) is 1. The first-order valence-electron chi connectivity index (χ1n) is 11.1. The van der Waals surface area contributed by atoms with Crippen molar-refractivity contribution in [3.05, 3.63) is 68.9 Å². The minimum absolute atomic E-state index is 0.128. The Kier molecular flexibility index (Phi) is 7.83. The van der Waals surface area contributed by atoms with Gasteiger partial charge in [-0.3, -0.25) is 4.79 Å². The third-order valence-electron chi connectivity index (χ3n) is 5.68. The van der Waals surface area contributed by atoms with Crippen LogP contribution in [0.1, 0.15) is 60.2 Å². The fraction of sp³-hybridized carbons (Fsp3) is 0.440. The van der Waals surface area contributed by atoms with Crippen LogP contribution in [-0.2, 0) is 10.9 Å². The molecule has 10 heteroatoms. The molecule has 0 aromatic heterocycles. The summed E-state index contributed by atoms with van der Waals surface area (Å²) in [6, 6.07) is 7.08. The van der Waals surface area contributed by atoms with Crippen molar-refractivity contribution < 1.29 is 31.9 Å². The molecule has 190 valence electrons. The minimum atomic E-state index is -4.61. The number of piperidine rings is 1. The number of nitrogens with one attached hydrogen (secondary N) is 1. The summed E-state index contributed by atoms with van der Waals surface area (Å²) in [6.45, 7) is 7.35. The van der Waals surface area contributed by atoms with Crippen molar-refractivity contribution in [2.75, 3.05) is 13.1 Å². The third-order valence-corrected chi connectivity index (χ3v) is 6.14. The van der Waals surface area contributed by atoms with Crippen LogP contribution < -0.4 is 5.32 Å². The Morgan fingerprint density at radius 1 is 1.11 bits per heavy atom. The van der Waals surface area contributed by atoms with E-state index in [1.165, 1.54) is 17.0 Å². The number of nitrogens with zero attached hydrogens (tertiary/aromatic N) is 1. The Morgan fingerprint density at radius 3 is 2.40 bits per heavy atom. The Labute approximate surface area is 210 Å². The Morgan fingerprint density at radius 2 is 1.80 bits per heavy atom. The molecule has 1 aliphatic rings. The van der Waals surface area contributed by atoms with Crippen LogP contribution in [-0.4, -0.2) is 41.6 Å². The molecule has 2 aromatic carbocycles. The van der Waals surface area contributed by atoms with Gasteiger partial charge in [0.2, 0.25) is 0 Å². The van der Waals surface area contributed by atoms with Crippen molar-refractivity contribution >= 4 is 27.9 Å². The predicted octanol–water partition coefficient (Wildman–Crippen LogP) is 6.44. The average molecular weight is 559 g/mol. The fourth-order valence-electron chi connectivity index (χ4n) is 3.99. The van der Waals surface area contributed by atoms with Crippen LogP contribution in [0.4, 0.5) is 22.4 Å². The smallest absolute Gasteiger partial charge is 0.416 e. The number of carbonyl (C=O) groups excluding carboxylic acids is 2. The second kappa shape index (κ2) is 10.2. The first kappa shape index (κ1) is 27.0. The van der Waals surface area contributed by atoms with Gasteiger partial charge in [0.25, 0.3) is 5.91 Å². The van der Waals surface area contributed by atoms with Gasteiger partial charge in [0, 0.05) is 35.1 Å². The van der Waals surface area contributed by atoms with Gasteiger partial charge in [0.1, 0.15) is 11.4 Å². The third kappa shape index (κ3) is 6.96. The quantitative estimate of drug-likeness (QED) is 0.441. The van der Waals surface area contributed by atoms with E-state index in [9.17, 15) is 27.2 Å². The molecule has 2 aromatic rings. The van der Waals surface area contributed by atoms with Gasteiger partial charge in [-0.05, 0) is 69.5 Å². The SMILES string of the molecule is Cc1cc(C2CN(C(=O)OC(C)(C)C)CCC2NC(=O)c2cc(Br)cc(C(F)(F)F)c2)ccc1F. The highest BCUT2D eigenvalue weighted by molar-refractivity contribution is 9.10. The maximum absolute atomic E-state index is 13.9. The molecule has 2 unspecified atom stereocenters. The van der Waals surface area contributed by atoms with Crippen molar-refractivity contribution in [1.29, 1.82) is 0 Å². The van der Waals surface area contributed by atoms with Gasteiger partial charge in [-0.15, -0.1) is 0 Å². The highest BCUT2D eigenvalue weighted by Gasteiger charge is 2.36. The van der Waals surface area contributed by atoms with Gasteiger partial charge in [-0.2, -0.15) is 13.2 Å². The number of halogens is 5. The largest absolute Gasteiger partial charge is 0.444 e. The average Bonchev–Trinajstić information content (AvgIpc) is 2.73. The molecule has 2 atom stereocenters. The number of hydrogen-bond acceptors (Lipinski definition) is 3. The number of likely N-dealkylation sites (tertiary alicyclic amines) is 1. The molecule has 35 heavy (non-hydrogen) atoms. The van der Waals surface area contributed by atoms with Crippen molar-refractivity contribution in [2.45, 2.75) is 57.9 Å². The van der Waals surface area contributed by atoms with Crippen molar-refractivity contribution in [1.82, 2.24) is 10.2 Å². The summed E-state index contributed by atoms with van der Waals surface area (Å²) < 4.78 is 59.2. The number of aryl methyl sites for hydroxylation is 1. The van der Waals surface area contributed by atoms with E-state index >= 15 is 0 Å². The maximum atomic E-state index is 13.9. The highest BCUT2D eigenvalue weighted by Crippen LogP contribution is 2.33. The van der Waals surface area contributed by atoms with E-state index in [0.29, 0.717) is 17.5 Å². The van der Waals surface area contributed by atoms with Crippen LogP contribution in [0, 0.1) is 12.7 Å². The lowest BCUT2D eigenvalue weighted by Gasteiger charge is -2.39. The second-order valence-corrected chi connectivity index (χ2v) is 10.6. The van der Waals surface area contributed by atoms with Crippen molar-refractivity contribution in [3.63, 3.8) is 0 Å². The topological polar surface area (TPSA) is 58.6 Å². The molecule has 0 saturated carbocycles. The number of ether oxygens (including phenoxy) is 1. The molecule has 0 radical (unpaired) electrons. The molecule has 0 bridgehead atoms. The summed E-state index contributed by atoms with van der Waals surface area (Å²) in [6.07, 6.45) is -4.77. The predicted molar refractivity (Wildman–Crippen MR) is 127 cm³/mol. The molecule has 1 aliphatic heterocycles. The van der Waals surface area contributed by atoms with Crippen LogP contribution in [0.15, 0.2) is 40.9 Å². The normalized spacial score (nSPS) is 18.8. The van der Waals surface area contributed by atoms with E-state index < -0.39 is 41.3 Å². The van der Waals surface area contributed by atoms with Gasteiger partial charge >= 0.3 is 12.3 Å². The number of benzene rings is 2. The van der Waals surface area contributed by atoms with E-state index in [2.05, 4.69) is 21.2 Å². The van der Waals surface area contributed by atoms with Gasteiger partial charge in [0.05, 0.1) is 5.56 Å². The van der Waals surface area contributed by atoms with Crippen LogP contribution in [0.5, 0.6) is 0 Å². The summed E-state index contributed by atoms with van der Waals surface area (Å²) in [4.78, 5) is 27.2. The van der Waals surface area contributed by atoms with Crippen LogP contribution in [0.25, 0.3) is 0 Å². The highest BCUT2D eigenvalue weighted by atomic mass is 79.9. The Bertz CT molecular complexity index is 1110. The summed E-state index contributed by atoms with van der Waals surface area (Å²) in [5.41, 5.74) is -0.671. The van der Waals surface area contributed by atoms with Crippen molar-refractivity contribution in [3.8, 4) is 0 Å². The summed E-state index contributed by atoms with van der Waals surface area (Å²) in [5.74, 6) is -1.48. The summed E-state index contributed by atoms with van der Waals surface area (Å²) in [5, 5.41) is 2.83. The molecule has 1 saturated heterocycles. The van der Waals surface area contributed by atoms with E-state index in [1.807, 2.05) is 0 Å². The Balaban J connectivity index is 1.88. The molecule has 3 rings (SSSR count). The molecular weight excluding hydrogens is 532 g/mol. The second-order valence-electron chi connectivity index (χ2n) is 9.64. The summed E-state index contributed by atoms with van der Waals surface area (Å²) in [7, 11) is 0. The number of rotatable bonds is 3. The van der Waals surface area contributed by atoms with Gasteiger partial charge in [0.15, 0.2) is 0 Å². The lowest BCUT2D eigenvalue weighted by Crippen LogP contribution is -2.52. The van der Waals surface area contributed by atoms with E-state index in [1.54, 1.807) is 39.8 Å². The zero-order valence-corrected chi connectivity index (χ0v) is 21.4. The molecule has 0 aliphatic carbocycles. The lowest BCUT2D eigenvalue weighted by atomic mass is 9.85. The molecule has 1 N–H and O–H groups in total. The van der Waals surface area contributed by atoms with Gasteiger partial charge in [-0.1, -0.05) is 28.1 Å². The maximum Gasteiger partial charge on any atom is 0.416 e. The number of amides is 2. The minimum Gasteiger partial charge on any atom is -0.444 e.